The van der Waals surface area contributed by atoms with Crippen molar-refractivity contribution in [2.45, 2.75) is 25.3 Å². The van der Waals surface area contributed by atoms with Crippen molar-refractivity contribution in [1.82, 2.24) is 30.0 Å². The van der Waals surface area contributed by atoms with E-state index >= 15 is 0 Å². The number of halogens is 2. The lowest BCUT2D eigenvalue weighted by molar-refractivity contribution is 0.0947. The maximum absolute atomic E-state index is 13.4. The van der Waals surface area contributed by atoms with E-state index in [2.05, 4.69) is 20.7 Å². The number of nitrogens with zero attached hydrogens (tertiary/aromatic N) is 4. The fourth-order valence-electron chi connectivity index (χ4n) is 3.54. The minimum Gasteiger partial charge on any atom is -0.350 e. The van der Waals surface area contributed by atoms with E-state index in [1.54, 1.807) is 12.1 Å². The largest absolute Gasteiger partial charge is 0.350 e. The normalized spacial score (nSPS) is 16.7. The molecule has 2 N–H and O–H groups in total. The molecule has 1 saturated heterocycles. The van der Waals surface area contributed by atoms with Gasteiger partial charge in [0.15, 0.2) is 0 Å². The van der Waals surface area contributed by atoms with Crippen molar-refractivity contribution in [3.05, 3.63) is 47.8 Å². The summed E-state index contributed by atoms with van der Waals surface area (Å²) in [5, 5.41) is 10.7. The van der Waals surface area contributed by atoms with E-state index in [1.807, 2.05) is 22.5 Å². The van der Waals surface area contributed by atoms with Gasteiger partial charge in [-0.3, -0.25) is 9.48 Å². The Morgan fingerprint density at radius 1 is 1.39 bits per heavy atom. The molecule has 0 aliphatic carbocycles. The van der Waals surface area contributed by atoms with Crippen LogP contribution < -0.4 is 10.6 Å². The van der Waals surface area contributed by atoms with Gasteiger partial charge in [0.25, 0.3) is 5.91 Å². The second kappa shape index (κ2) is 8.70. The van der Waals surface area contributed by atoms with Crippen LogP contribution >= 0.6 is 12.4 Å². The van der Waals surface area contributed by atoms with Crippen LogP contribution in [0.1, 0.15) is 35.2 Å². The number of carbonyl (C=O) groups excluding carboxylic acids is 1. The van der Waals surface area contributed by atoms with Crippen molar-refractivity contribution in [3.63, 3.8) is 0 Å². The number of fused-ring (bicyclic) bond motifs is 1. The number of hydrogen-bond donors (Lipinski definition) is 2. The summed E-state index contributed by atoms with van der Waals surface area (Å²) in [6.07, 6.45) is 4.62. The molecular weight excluding hydrogens is 383 g/mol. The molecule has 3 aromatic rings. The zero-order valence-corrected chi connectivity index (χ0v) is 16.5. The Hall–Kier alpha value is -2.45. The monoisotopic (exact) mass is 406 g/mol. The SMILES string of the molecule is Cl.Cn1c(CCNC(=O)c2ccn(C3CCCNC3)n2)nc2ccc(F)cc21. The molecule has 150 valence electrons. The third kappa shape index (κ3) is 4.18. The van der Waals surface area contributed by atoms with E-state index < -0.39 is 0 Å². The minimum absolute atomic E-state index is 0. The Bertz CT molecular complexity index is 963. The highest BCUT2D eigenvalue weighted by Gasteiger charge is 2.17. The summed E-state index contributed by atoms with van der Waals surface area (Å²) < 4.78 is 17.1. The fourth-order valence-corrected chi connectivity index (χ4v) is 3.54. The summed E-state index contributed by atoms with van der Waals surface area (Å²) in [7, 11) is 1.85. The molecule has 1 amide bonds. The van der Waals surface area contributed by atoms with E-state index in [1.165, 1.54) is 12.1 Å². The summed E-state index contributed by atoms with van der Waals surface area (Å²) in [5.41, 5.74) is 1.92. The number of carbonyl (C=O) groups is 1. The zero-order valence-electron chi connectivity index (χ0n) is 15.7. The van der Waals surface area contributed by atoms with Crippen LogP contribution in [0.3, 0.4) is 0 Å². The van der Waals surface area contributed by atoms with Crippen molar-refractivity contribution in [2.24, 2.45) is 7.05 Å². The van der Waals surface area contributed by atoms with Crippen LogP contribution in [-0.2, 0) is 13.5 Å². The third-order valence-electron chi connectivity index (χ3n) is 5.06. The molecule has 1 fully saturated rings. The van der Waals surface area contributed by atoms with Gasteiger partial charge in [0.05, 0.1) is 17.1 Å². The van der Waals surface area contributed by atoms with Crippen molar-refractivity contribution >= 4 is 29.3 Å². The first-order valence-corrected chi connectivity index (χ1v) is 9.27. The van der Waals surface area contributed by atoms with Crippen LogP contribution in [0.25, 0.3) is 11.0 Å². The summed E-state index contributed by atoms with van der Waals surface area (Å²) in [4.78, 5) is 16.9. The molecule has 0 saturated carbocycles. The van der Waals surface area contributed by atoms with Gasteiger partial charge >= 0.3 is 0 Å². The molecule has 1 aliphatic heterocycles. The lowest BCUT2D eigenvalue weighted by atomic mass is 10.1. The molecule has 1 unspecified atom stereocenters. The highest BCUT2D eigenvalue weighted by Crippen LogP contribution is 2.17. The van der Waals surface area contributed by atoms with Gasteiger partial charge in [-0.25, -0.2) is 9.37 Å². The smallest absolute Gasteiger partial charge is 0.271 e. The van der Waals surface area contributed by atoms with Gasteiger partial charge in [0, 0.05) is 32.8 Å². The molecule has 1 atom stereocenters. The Balaban J connectivity index is 0.00000225. The quantitative estimate of drug-likeness (QED) is 0.681. The van der Waals surface area contributed by atoms with Gasteiger partial charge < -0.3 is 15.2 Å². The predicted molar refractivity (Wildman–Crippen MR) is 107 cm³/mol. The standard InChI is InChI=1S/C19H23FN6O.ClH/c1-25-17-11-13(20)4-5-15(17)23-18(25)6-9-22-19(27)16-7-10-26(24-16)14-3-2-8-21-12-14;/h4-5,7,10-11,14,21H,2-3,6,8-9,12H2,1H3,(H,22,27);1H. The lowest BCUT2D eigenvalue weighted by Gasteiger charge is -2.22. The van der Waals surface area contributed by atoms with Crippen molar-refractivity contribution in [1.29, 1.82) is 0 Å². The number of amides is 1. The molecule has 1 aromatic carbocycles. The van der Waals surface area contributed by atoms with Crippen molar-refractivity contribution in [3.8, 4) is 0 Å². The van der Waals surface area contributed by atoms with Crippen molar-refractivity contribution in [2.75, 3.05) is 19.6 Å². The number of imidazole rings is 1. The van der Waals surface area contributed by atoms with Crippen LogP contribution in [0.4, 0.5) is 4.39 Å². The van der Waals surface area contributed by atoms with E-state index in [0.29, 0.717) is 24.7 Å². The highest BCUT2D eigenvalue weighted by atomic mass is 35.5. The topological polar surface area (TPSA) is 76.8 Å². The summed E-state index contributed by atoms with van der Waals surface area (Å²) in [6.45, 7) is 2.37. The minimum atomic E-state index is -0.283. The van der Waals surface area contributed by atoms with Gasteiger partial charge in [-0.15, -0.1) is 12.4 Å². The number of piperidine rings is 1. The van der Waals surface area contributed by atoms with Gasteiger partial charge in [-0.05, 0) is 43.7 Å². The van der Waals surface area contributed by atoms with Gasteiger partial charge in [-0.1, -0.05) is 0 Å². The van der Waals surface area contributed by atoms with E-state index in [-0.39, 0.29) is 24.1 Å². The maximum atomic E-state index is 13.4. The predicted octanol–water partition coefficient (Wildman–Crippen LogP) is 2.23. The molecule has 0 spiro atoms. The molecule has 4 rings (SSSR count). The number of aromatic nitrogens is 4. The van der Waals surface area contributed by atoms with Crippen LogP contribution in [0.5, 0.6) is 0 Å². The lowest BCUT2D eigenvalue weighted by Crippen LogP contribution is -2.32. The maximum Gasteiger partial charge on any atom is 0.271 e. The Morgan fingerprint density at radius 2 is 2.25 bits per heavy atom. The number of rotatable bonds is 5. The molecular formula is C19H24ClFN6O. The molecule has 0 bridgehead atoms. The second-order valence-corrected chi connectivity index (χ2v) is 6.91. The van der Waals surface area contributed by atoms with Crippen LogP contribution in [0, 0.1) is 5.82 Å². The number of benzene rings is 1. The number of aryl methyl sites for hydroxylation is 1. The fraction of sp³-hybridized carbons (Fsp3) is 0.421. The van der Waals surface area contributed by atoms with Crippen LogP contribution in [-0.4, -0.2) is 44.9 Å². The second-order valence-electron chi connectivity index (χ2n) is 6.91. The molecule has 9 heteroatoms. The van der Waals surface area contributed by atoms with Crippen molar-refractivity contribution < 1.29 is 9.18 Å². The Morgan fingerprint density at radius 3 is 3.04 bits per heavy atom. The van der Waals surface area contributed by atoms with E-state index in [9.17, 15) is 9.18 Å². The molecule has 1 aliphatic rings. The number of hydrogen-bond acceptors (Lipinski definition) is 4. The first-order chi connectivity index (χ1) is 13.1. The van der Waals surface area contributed by atoms with E-state index in [0.717, 1.165) is 42.8 Å². The van der Waals surface area contributed by atoms with Gasteiger partial charge in [-0.2, -0.15) is 5.10 Å². The molecule has 2 aromatic heterocycles. The average Bonchev–Trinajstić information content (AvgIpc) is 3.29. The highest BCUT2D eigenvalue weighted by molar-refractivity contribution is 5.92. The zero-order chi connectivity index (χ0) is 18.8. The van der Waals surface area contributed by atoms with E-state index in [4.69, 9.17) is 0 Å². The van der Waals surface area contributed by atoms with Crippen LogP contribution in [0.2, 0.25) is 0 Å². The third-order valence-corrected chi connectivity index (χ3v) is 5.06. The van der Waals surface area contributed by atoms with Gasteiger partial charge in [0.2, 0.25) is 0 Å². The molecule has 28 heavy (non-hydrogen) atoms. The van der Waals surface area contributed by atoms with Crippen LogP contribution in [0.15, 0.2) is 30.5 Å². The summed E-state index contributed by atoms with van der Waals surface area (Å²) in [5.74, 6) is 0.325. The summed E-state index contributed by atoms with van der Waals surface area (Å²) in [6, 6.07) is 6.60. The number of nitrogens with one attached hydrogen (secondary N) is 2. The molecule has 0 radical (unpaired) electrons. The average molecular weight is 407 g/mol. The molecule has 3 heterocycles. The Labute approximate surface area is 168 Å². The Kier molecular flexibility index (Phi) is 6.31. The molecule has 7 nitrogen and oxygen atoms in total. The first kappa shape index (κ1) is 20.3. The summed E-state index contributed by atoms with van der Waals surface area (Å²) >= 11 is 0. The first-order valence-electron chi connectivity index (χ1n) is 9.27. The van der Waals surface area contributed by atoms with Gasteiger partial charge in [0.1, 0.15) is 17.3 Å².